The van der Waals surface area contributed by atoms with Crippen LogP contribution < -0.4 is 4.72 Å². The second-order valence-electron chi connectivity index (χ2n) is 5.90. The number of thioether (sulfide) groups is 1. The molecule has 1 aliphatic rings. The van der Waals surface area contributed by atoms with Crippen LogP contribution in [0.4, 0.5) is 0 Å². The first-order chi connectivity index (χ1) is 11.1. The van der Waals surface area contributed by atoms with Gasteiger partial charge in [0.15, 0.2) is 4.34 Å². The maximum absolute atomic E-state index is 12.5. The van der Waals surface area contributed by atoms with Crippen molar-refractivity contribution >= 4 is 43.3 Å². The van der Waals surface area contributed by atoms with E-state index in [1.165, 1.54) is 19.3 Å². The molecule has 1 heterocycles. The molecule has 1 aromatic carbocycles. The fourth-order valence-electron chi connectivity index (χ4n) is 2.94. The average Bonchev–Trinajstić information content (AvgIpc) is 2.96. The minimum atomic E-state index is -3.43. The highest BCUT2D eigenvalue weighted by molar-refractivity contribution is 8.01. The third-order valence-corrected chi connectivity index (χ3v) is 7.67. The Labute approximate surface area is 146 Å². The number of sulfonamides is 1. The molecule has 23 heavy (non-hydrogen) atoms. The molecular weight excluding hydrogens is 348 g/mol. The second kappa shape index (κ2) is 7.51. The van der Waals surface area contributed by atoms with Crippen LogP contribution >= 0.6 is 23.1 Å². The number of hydrogen-bond acceptors (Lipinski definition) is 5. The molecule has 1 saturated carbocycles. The van der Waals surface area contributed by atoms with E-state index in [2.05, 4.69) is 16.6 Å². The largest absolute Gasteiger partial charge is 0.240 e. The maximum Gasteiger partial charge on any atom is 0.240 e. The lowest BCUT2D eigenvalue weighted by Gasteiger charge is -2.21. The molecule has 0 spiro atoms. The summed E-state index contributed by atoms with van der Waals surface area (Å²) in [6.07, 6.45) is 5.99. The molecule has 4 nitrogen and oxygen atoms in total. The molecule has 2 aromatic rings. The van der Waals surface area contributed by atoms with E-state index in [9.17, 15) is 8.42 Å². The molecule has 0 unspecified atom stereocenters. The van der Waals surface area contributed by atoms with Gasteiger partial charge in [0.2, 0.25) is 10.0 Å². The van der Waals surface area contributed by atoms with Gasteiger partial charge in [-0.05, 0) is 42.7 Å². The first kappa shape index (κ1) is 17.2. The van der Waals surface area contributed by atoms with Crippen LogP contribution in [0, 0.1) is 5.92 Å². The van der Waals surface area contributed by atoms with Gasteiger partial charge in [0.25, 0.3) is 0 Å². The van der Waals surface area contributed by atoms with Crippen molar-refractivity contribution in [2.24, 2.45) is 5.92 Å². The van der Waals surface area contributed by atoms with Crippen LogP contribution in [-0.2, 0) is 10.0 Å². The molecule has 3 rings (SSSR count). The van der Waals surface area contributed by atoms with E-state index in [-0.39, 0.29) is 0 Å². The van der Waals surface area contributed by atoms with Gasteiger partial charge in [-0.1, -0.05) is 37.9 Å². The highest BCUT2D eigenvalue weighted by Crippen LogP contribution is 2.31. The number of hydrogen-bond donors (Lipinski definition) is 1. The Morgan fingerprint density at radius 1 is 1.30 bits per heavy atom. The molecule has 0 radical (unpaired) electrons. The van der Waals surface area contributed by atoms with Crippen molar-refractivity contribution in [3.63, 3.8) is 0 Å². The molecular formula is C16H22N2O2S3. The SMILES string of the molecule is CCSc1nc2ccc(S(=O)(=O)NCC3CCCCC3)cc2s1. The standard InChI is InChI=1S/C16H22N2O2S3/c1-2-21-16-18-14-9-8-13(10-15(14)22-16)23(19,20)17-11-12-6-4-3-5-7-12/h8-10,12,17H,2-7,11H2,1H3. The highest BCUT2D eigenvalue weighted by Gasteiger charge is 2.19. The molecule has 1 N–H and O–H groups in total. The molecule has 0 aliphatic heterocycles. The summed E-state index contributed by atoms with van der Waals surface area (Å²) >= 11 is 3.24. The molecule has 0 bridgehead atoms. The first-order valence-corrected chi connectivity index (χ1v) is 11.4. The normalized spacial score (nSPS) is 16.9. The van der Waals surface area contributed by atoms with Crippen molar-refractivity contribution in [3.8, 4) is 0 Å². The summed E-state index contributed by atoms with van der Waals surface area (Å²) in [5.74, 6) is 1.45. The van der Waals surface area contributed by atoms with Gasteiger partial charge in [0.05, 0.1) is 15.1 Å². The molecule has 1 aromatic heterocycles. The monoisotopic (exact) mass is 370 g/mol. The Kier molecular flexibility index (Phi) is 5.61. The van der Waals surface area contributed by atoms with Gasteiger partial charge in [-0.15, -0.1) is 11.3 Å². The number of rotatable bonds is 6. The van der Waals surface area contributed by atoms with E-state index in [4.69, 9.17) is 0 Å². The van der Waals surface area contributed by atoms with E-state index < -0.39 is 10.0 Å². The van der Waals surface area contributed by atoms with Crippen molar-refractivity contribution in [1.82, 2.24) is 9.71 Å². The van der Waals surface area contributed by atoms with E-state index in [0.717, 1.165) is 33.2 Å². The summed E-state index contributed by atoms with van der Waals surface area (Å²) < 4.78 is 29.8. The third kappa shape index (κ3) is 4.26. The molecule has 126 valence electrons. The van der Waals surface area contributed by atoms with Crippen molar-refractivity contribution in [2.45, 2.75) is 48.3 Å². The van der Waals surface area contributed by atoms with E-state index >= 15 is 0 Å². The van der Waals surface area contributed by atoms with Gasteiger partial charge >= 0.3 is 0 Å². The number of benzene rings is 1. The Morgan fingerprint density at radius 3 is 2.83 bits per heavy atom. The zero-order valence-electron chi connectivity index (χ0n) is 13.2. The van der Waals surface area contributed by atoms with Crippen molar-refractivity contribution in [1.29, 1.82) is 0 Å². The summed E-state index contributed by atoms with van der Waals surface area (Å²) in [7, 11) is -3.43. The second-order valence-corrected chi connectivity index (χ2v) is 10.2. The lowest BCUT2D eigenvalue weighted by molar-refractivity contribution is 0.357. The van der Waals surface area contributed by atoms with Crippen LogP contribution in [0.5, 0.6) is 0 Å². The minimum absolute atomic E-state index is 0.345. The zero-order chi connectivity index (χ0) is 16.3. The van der Waals surface area contributed by atoms with E-state index in [0.29, 0.717) is 17.4 Å². The molecule has 0 atom stereocenters. The Morgan fingerprint density at radius 2 is 2.09 bits per heavy atom. The van der Waals surface area contributed by atoms with Crippen LogP contribution in [0.15, 0.2) is 27.4 Å². The van der Waals surface area contributed by atoms with Crippen molar-refractivity contribution in [2.75, 3.05) is 12.3 Å². The van der Waals surface area contributed by atoms with Crippen LogP contribution in [-0.4, -0.2) is 25.7 Å². The summed E-state index contributed by atoms with van der Waals surface area (Å²) in [4.78, 5) is 4.86. The van der Waals surface area contributed by atoms with Gasteiger partial charge in [-0.3, -0.25) is 0 Å². The number of nitrogens with one attached hydrogen (secondary N) is 1. The summed E-state index contributed by atoms with van der Waals surface area (Å²) in [5.41, 5.74) is 0.872. The molecule has 7 heteroatoms. The lowest BCUT2D eigenvalue weighted by atomic mass is 9.90. The zero-order valence-corrected chi connectivity index (χ0v) is 15.7. The number of aromatic nitrogens is 1. The van der Waals surface area contributed by atoms with E-state index in [1.54, 1.807) is 41.3 Å². The Bertz CT molecular complexity index is 765. The fourth-order valence-corrected chi connectivity index (χ4v) is 6.16. The van der Waals surface area contributed by atoms with Crippen molar-refractivity contribution < 1.29 is 8.42 Å². The third-order valence-electron chi connectivity index (χ3n) is 4.21. The number of nitrogens with zero attached hydrogens (tertiary/aromatic N) is 1. The summed E-state index contributed by atoms with van der Waals surface area (Å²) in [5, 5.41) is 0. The topological polar surface area (TPSA) is 59.1 Å². The molecule has 0 amide bonds. The Balaban J connectivity index is 1.74. The quantitative estimate of drug-likeness (QED) is 0.772. The smallest absolute Gasteiger partial charge is 0.230 e. The van der Waals surface area contributed by atoms with Crippen LogP contribution in [0.2, 0.25) is 0 Å². The Hall–Kier alpha value is -0.630. The minimum Gasteiger partial charge on any atom is -0.230 e. The highest BCUT2D eigenvalue weighted by atomic mass is 32.2. The van der Waals surface area contributed by atoms with Crippen LogP contribution in [0.25, 0.3) is 10.2 Å². The molecule has 1 fully saturated rings. The summed E-state index contributed by atoms with van der Waals surface area (Å²) in [6, 6.07) is 5.21. The first-order valence-electron chi connectivity index (χ1n) is 8.11. The maximum atomic E-state index is 12.5. The van der Waals surface area contributed by atoms with E-state index in [1.807, 2.05) is 0 Å². The van der Waals surface area contributed by atoms with Gasteiger partial charge < -0.3 is 0 Å². The number of thiazole rings is 1. The molecule has 1 aliphatic carbocycles. The van der Waals surface area contributed by atoms with Gasteiger partial charge in [0.1, 0.15) is 0 Å². The van der Waals surface area contributed by atoms with Crippen LogP contribution in [0.1, 0.15) is 39.0 Å². The van der Waals surface area contributed by atoms with Gasteiger partial charge in [-0.2, -0.15) is 0 Å². The van der Waals surface area contributed by atoms with Gasteiger partial charge in [0, 0.05) is 6.54 Å². The van der Waals surface area contributed by atoms with Gasteiger partial charge in [-0.25, -0.2) is 18.1 Å². The lowest BCUT2D eigenvalue weighted by Crippen LogP contribution is -2.30. The van der Waals surface area contributed by atoms with Crippen molar-refractivity contribution in [3.05, 3.63) is 18.2 Å². The average molecular weight is 371 g/mol. The molecule has 0 saturated heterocycles. The van der Waals surface area contributed by atoms with Crippen LogP contribution in [0.3, 0.4) is 0 Å². The predicted molar refractivity (Wildman–Crippen MR) is 97.8 cm³/mol. The fraction of sp³-hybridized carbons (Fsp3) is 0.562. The number of fused-ring (bicyclic) bond motifs is 1. The predicted octanol–water partition coefficient (Wildman–Crippen LogP) is 4.27. The summed E-state index contributed by atoms with van der Waals surface area (Å²) in [6.45, 7) is 2.64.